The SMILES string of the molecule is COc1ccccc1C=c1sc(=C(C#N)C(=O)Nc2ccc(F)cc2)n(-c2ccccc2)c1=O. The maximum absolute atomic E-state index is 13.4. The fourth-order valence-electron chi connectivity index (χ4n) is 3.31. The molecule has 0 bridgehead atoms. The highest BCUT2D eigenvalue weighted by molar-refractivity contribution is 7.07. The second-order valence-electron chi connectivity index (χ2n) is 7.08. The molecule has 0 unspecified atom stereocenters. The van der Waals surface area contributed by atoms with E-state index < -0.39 is 11.7 Å². The predicted octanol–water partition coefficient (Wildman–Crippen LogP) is 3.19. The Morgan fingerprint density at radius 3 is 2.41 bits per heavy atom. The molecule has 4 rings (SSSR count). The minimum absolute atomic E-state index is 0.180. The van der Waals surface area contributed by atoms with Gasteiger partial charge in [0.1, 0.15) is 22.3 Å². The van der Waals surface area contributed by atoms with Crippen molar-refractivity contribution in [2.24, 2.45) is 0 Å². The van der Waals surface area contributed by atoms with E-state index in [4.69, 9.17) is 4.74 Å². The first kappa shape index (κ1) is 22.7. The van der Waals surface area contributed by atoms with Crippen molar-refractivity contribution in [3.05, 3.63) is 110 Å². The van der Waals surface area contributed by atoms with Gasteiger partial charge in [-0.1, -0.05) is 36.4 Å². The van der Waals surface area contributed by atoms with Gasteiger partial charge in [-0.15, -0.1) is 11.3 Å². The number of anilines is 1. The fourth-order valence-corrected chi connectivity index (χ4v) is 4.40. The number of para-hydroxylation sites is 2. The molecule has 0 aliphatic carbocycles. The zero-order valence-electron chi connectivity index (χ0n) is 18.0. The summed E-state index contributed by atoms with van der Waals surface area (Å²) in [5.74, 6) is -0.569. The van der Waals surface area contributed by atoms with Crippen LogP contribution in [0.5, 0.6) is 5.75 Å². The number of rotatable bonds is 5. The van der Waals surface area contributed by atoms with Gasteiger partial charge in [0.2, 0.25) is 0 Å². The number of carbonyl (C=O) groups is 1. The number of methoxy groups -OCH3 is 1. The molecule has 0 fully saturated rings. The highest BCUT2D eigenvalue weighted by Gasteiger charge is 2.17. The van der Waals surface area contributed by atoms with E-state index in [1.165, 1.54) is 35.9 Å². The van der Waals surface area contributed by atoms with Crippen LogP contribution in [0.2, 0.25) is 0 Å². The van der Waals surface area contributed by atoms with Crippen molar-refractivity contribution < 1.29 is 13.9 Å². The van der Waals surface area contributed by atoms with E-state index in [0.717, 1.165) is 11.3 Å². The van der Waals surface area contributed by atoms with Crippen LogP contribution in [0.25, 0.3) is 17.3 Å². The zero-order chi connectivity index (χ0) is 24.1. The Kier molecular flexibility index (Phi) is 6.67. The lowest BCUT2D eigenvalue weighted by atomic mass is 10.2. The highest BCUT2D eigenvalue weighted by atomic mass is 32.1. The second-order valence-corrected chi connectivity index (χ2v) is 8.11. The van der Waals surface area contributed by atoms with Gasteiger partial charge in [0.25, 0.3) is 11.5 Å². The second kappa shape index (κ2) is 9.98. The molecule has 0 spiro atoms. The van der Waals surface area contributed by atoms with Crippen LogP contribution in [-0.4, -0.2) is 17.6 Å². The van der Waals surface area contributed by atoms with Gasteiger partial charge >= 0.3 is 0 Å². The van der Waals surface area contributed by atoms with Crippen LogP contribution in [-0.2, 0) is 4.79 Å². The normalized spacial score (nSPS) is 12.1. The number of nitrogens with zero attached hydrogens (tertiary/aromatic N) is 2. The first-order valence-corrected chi connectivity index (χ1v) is 11.0. The smallest absolute Gasteiger partial charge is 0.273 e. The molecule has 0 aliphatic rings. The van der Waals surface area contributed by atoms with Gasteiger partial charge in [0, 0.05) is 11.3 Å². The Labute approximate surface area is 198 Å². The molecule has 0 atom stereocenters. The number of hydrogen-bond donors (Lipinski definition) is 1. The van der Waals surface area contributed by atoms with Crippen molar-refractivity contribution in [3.8, 4) is 17.5 Å². The fraction of sp³-hybridized carbons (Fsp3) is 0.0385. The molecule has 8 heteroatoms. The van der Waals surface area contributed by atoms with Crippen LogP contribution in [0, 0.1) is 17.1 Å². The van der Waals surface area contributed by atoms with Crippen LogP contribution in [0.1, 0.15) is 5.56 Å². The molecule has 4 aromatic rings. The summed E-state index contributed by atoms with van der Waals surface area (Å²) in [6.07, 6.45) is 1.67. The number of benzene rings is 3. The minimum atomic E-state index is -0.705. The summed E-state index contributed by atoms with van der Waals surface area (Å²) < 4.78 is 20.4. The maximum atomic E-state index is 13.4. The molecule has 6 nitrogen and oxygen atoms in total. The highest BCUT2D eigenvalue weighted by Crippen LogP contribution is 2.17. The summed E-state index contributed by atoms with van der Waals surface area (Å²) in [6.45, 7) is 0. The van der Waals surface area contributed by atoms with Gasteiger partial charge in [0.05, 0.1) is 17.3 Å². The molecule has 34 heavy (non-hydrogen) atoms. The number of aromatic nitrogens is 1. The van der Waals surface area contributed by atoms with Crippen molar-refractivity contribution in [3.63, 3.8) is 0 Å². The summed E-state index contributed by atoms with van der Waals surface area (Å²) >= 11 is 1.03. The Hall–Kier alpha value is -4.48. The van der Waals surface area contributed by atoms with E-state index >= 15 is 0 Å². The predicted molar refractivity (Wildman–Crippen MR) is 130 cm³/mol. The van der Waals surface area contributed by atoms with Gasteiger partial charge < -0.3 is 10.1 Å². The van der Waals surface area contributed by atoms with E-state index in [0.29, 0.717) is 27.2 Å². The summed E-state index contributed by atoms with van der Waals surface area (Å²) in [5.41, 5.74) is 0.907. The van der Waals surface area contributed by atoms with Gasteiger partial charge in [-0.2, -0.15) is 5.26 Å². The Morgan fingerprint density at radius 1 is 1.06 bits per heavy atom. The monoisotopic (exact) mass is 471 g/mol. The van der Waals surface area contributed by atoms with Crippen molar-refractivity contribution in [1.82, 2.24) is 4.57 Å². The molecule has 0 saturated carbocycles. The standard InChI is InChI=1S/C26H18FN3O3S/c1-33-22-10-6-5-7-17(22)15-23-25(32)30(20-8-3-2-4-9-20)26(34-23)21(16-28)24(31)29-19-13-11-18(27)12-14-19/h2-15H,1H3,(H,29,31). The van der Waals surface area contributed by atoms with Crippen molar-refractivity contribution >= 4 is 34.6 Å². The Balaban J connectivity index is 1.96. The van der Waals surface area contributed by atoms with E-state index in [9.17, 15) is 19.2 Å². The lowest BCUT2D eigenvalue weighted by molar-refractivity contribution is -0.111. The zero-order valence-corrected chi connectivity index (χ0v) is 18.8. The summed E-state index contributed by atoms with van der Waals surface area (Å²) in [7, 11) is 1.54. The first-order chi connectivity index (χ1) is 16.5. The molecule has 1 N–H and O–H groups in total. The van der Waals surface area contributed by atoms with E-state index in [-0.39, 0.29) is 15.8 Å². The van der Waals surface area contributed by atoms with Gasteiger partial charge in [-0.25, -0.2) is 4.39 Å². The average molecular weight is 472 g/mol. The van der Waals surface area contributed by atoms with Gasteiger partial charge in [0.15, 0.2) is 5.57 Å². The maximum Gasteiger partial charge on any atom is 0.273 e. The molecule has 1 amide bonds. The van der Waals surface area contributed by atoms with E-state index in [2.05, 4.69) is 5.32 Å². The largest absolute Gasteiger partial charge is 0.496 e. The van der Waals surface area contributed by atoms with Crippen LogP contribution < -0.4 is 24.8 Å². The lowest BCUT2D eigenvalue weighted by Crippen LogP contribution is -2.32. The van der Waals surface area contributed by atoms with E-state index in [1.807, 2.05) is 18.2 Å². The molecule has 0 aliphatic heterocycles. The first-order valence-electron chi connectivity index (χ1n) is 10.1. The molecular weight excluding hydrogens is 453 g/mol. The number of nitriles is 1. The third-order valence-electron chi connectivity index (χ3n) is 4.92. The van der Waals surface area contributed by atoms with Crippen molar-refractivity contribution in [2.75, 3.05) is 12.4 Å². The number of thiazole rings is 1. The third kappa shape index (κ3) is 4.65. The van der Waals surface area contributed by atoms with Gasteiger partial charge in [-0.3, -0.25) is 14.2 Å². The van der Waals surface area contributed by atoms with E-state index in [1.54, 1.807) is 48.5 Å². The molecule has 1 aromatic heterocycles. The van der Waals surface area contributed by atoms with Crippen LogP contribution in [0.15, 0.2) is 83.7 Å². The van der Waals surface area contributed by atoms with Gasteiger partial charge in [-0.05, 0) is 48.5 Å². The number of carbonyl (C=O) groups excluding carboxylic acids is 1. The van der Waals surface area contributed by atoms with Crippen LogP contribution in [0.4, 0.5) is 10.1 Å². The van der Waals surface area contributed by atoms with Crippen molar-refractivity contribution in [2.45, 2.75) is 0 Å². The summed E-state index contributed by atoms with van der Waals surface area (Å²) in [5, 5.41) is 12.5. The minimum Gasteiger partial charge on any atom is -0.496 e. The topological polar surface area (TPSA) is 84.1 Å². The number of nitrogens with one attached hydrogen (secondary N) is 1. The molecule has 3 aromatic carbocycles. The Morgan fingerprint density at radius 2 is 1.74 bits per heavy atom. The Bertz CT molecular complexity index is 1570. The lowest BCUT2D eigenvalue weighted by Gasteiger charge is -2.05. The molecule has 0 saturated heterocycles. The molecular formula is C26H18FN3O3S. The quantitative estimate of drug-likeness (QED) is 0.485. The number of hydrogen-bond acceptors (Lipinski definition) is 5. The summed E-state index contributed by atoms with van der Waals surface area (Å²) in [6, 6.07) is 23.1. The summed E-state index contributed by atoms with van der Waals surface area (Å²) in [4.78, 5) is 26.4. The van der Waals surface area contributed by atoms with Crippen molar-refractivity contribution in [1.29, 1.82) is 5.26 Å². The number of amides is 1. The average Bonchev–Trinajstić information content (AvgIpc) is 3.17. The molecule has 168 valence electrons. The molecule has 0 radical (unpaired) electrons. The number of ether oxygens (including phenoxy) is 1. The molecule has 1 heterocycles. The number of halogens is 1. The van der Waals surface area contributed by atoms with Crippen LogP contribution in [0.3, 0.4) is 0 Å². The van der Waals surface area contributed by atoms with Crippen LogP contribution >= 0.6 is 11.3 Å². The third-order valence-corrected chi connectivity index (χ3v) is 6.01.